The van der Waals surface area contributed by atoms with Crippen molar-refractivity contribution in [2.24, 2.45) is 11.7 Å². The molecular weight excluding hydrogens is 160 g/mol. The van der Waals surface area contributed by atoms with Gasteiger partial charge in [-0.3, -0.25) is 4.79 Å². The van der Waals surface area contributed by atoms with E-state index in [-0.39, 0.29) is 18.4 Å². The Labute approximate surface area is 70.9 Å². The lowest BCUT2D eigenvalue weighted by Gasteiger charge is -2.18. The number of carbonyl (C=O) groups excluding carboxylic acids is 1. The topological polar surface area (TPSA) is 92.4 Å². The Bertz CT molecular complexity index is 163. The van der Waals surface area contributed by atoms with Crippen LogP contribution >= 0.6 is 0 Å². The van der Waals surface area contributed by atoms with Crippen molar-refractivity contribution in [3.05, 3.63) is 0 Å². The minimum absolute atomic E-state index is 0.0456. The summed E-state index contributed by atoms with van der Waals surface area (Å²) in [5.74, 6) is -0.434. The standard InChI is InChI=1S/C7H14N2O3/c1-4(2)5(3-6(8)10)9-7(11)12/h4-5,9H,3H2,1-2H3,(H2,8,10)(H,11,12). The summed E-state index contributed by atoms with van der Waals surface area (Å²) in [5, 5.41) is 10.6. The van der Waals surface area contributed by atoms with E-state index >= 15 is 0 Å². The summed E-state index contributed by atoms with van der Waals surface area (Å²) >= 11 is 0. The van der Waals surface area contributed by atoms with Gasteiger partial charge in [-0.2, -0.15) is 0 Å². The molecule has 0 radical (unpaired) electrons. The number of nitrogens with one attached hydrogen (secondary N) is 1. The van der Waals surface area contributed by atoms with Crippen molar-refractivity contribution < 1.29 is 14.7 Å². The van der Waals surface area contributed by atoms with Crippen molar-refractivity contribution >= 4 is 12.0 Å². The molecule has 0 fully saturated rings. The van der Waals surface area contributed by atoms with Crippen molar-refractivity contribution in [1.29, 1.82) is 0 Å². The van der Waals surface area contributed by atoms with Crippen molar-refractivity contribution in [2.45, 2.75) is 26.3 Å². The molecule has 0 rings (SSSR count). The molecule has 0 spiro atoms. The molecule has 0 aromatic carbocycles. The summed E-state index contributed by atoms with van der Waals surface area (Å²) in [5.41, 5.74) is 4.93. The van der Waals surface area contributed by atoms with Gasteiger partial charge in [0.1, 0.15) is 0 Å². The minimum Gasteiger partial charge on any atom is -0.465 e. The number of primary amides is 1. The first-order valence-corrected chi connectivity index (χ1v) is 3.71. The second-order valence-electron chi connectivity index (χ2n) is 2.97. The second-order valence-corrected chi connectivity index (χ2v) is 2.97. The van der Waals surface area contributed by atoms with Gasteiger partial charge in [-0.1, -0.05) is 13.8 Å². The van der Waals surface area contributed by atoms with E-state index in [0.717, 1.165) is 0 Å². The number of hydrogen-bond acceptors (Lipinski definition) is 2. The van der Waals surface area contributed by atoms with Gasteiger partial charge in [0.05, 0.1) is 0 Å². The molecule has 1 unspecified atom stereocenters. The van der Waals surface area contributed by atoms with Gasteiger partial charge in [0.15, 0.2) is 0 Å². The monoisotopic (exact) mass is 174 g/mol. The van der Waals surface area contributed by atoms with Gasteiger partial charge in [0, 0.05) is 12.5 Å². The highest BCUT2D eigenvalue weighted by Gasteiger charge is 2.17. The first kappa shape index (κ1) is 10.7. The molecule has 5 nitrogen and oxygen atoms in total. The molecular formula is C7H14N2O3. The zero-order chi connectivity index (χ0) is 9.72. The van der Waals surface area contributed by atoms with Crippen molar-refractivity contribution in [2.75, 3.05) is 0 Å². The van der Waals surface area contributed by atoms with Crippen LogP contribution in [0.15, 0.2) is 0 Å². The highest BCUT2D eigenvalue weighted by atomic mass is 16.4. The van der Waals surface area contributed by atoms with Crippen LogP contribution in [0.4, 0.5) is 4.79 Å². The zero-order valence-corrected chi connectivity index (χ0v) is 7.20. The molecule has 0 aromatic rings. The highest BCUT2D eigenvalue weighted by molar-refractivity contribution is 5.75. The Morgan fingerprint density at radius 1 is 1.50 bits per heavy atom. The summed E-state index contributed by atoms with van der Waals surface area (Å²) < 4.78 is 0. The molecule has 0 heterocycles. The fourth-order valence-electron chi connectivity index (χ4n) is 0.829. The van der Waals surface area contributed by atoms with Crippen molar-refractivity contribution in [3.8, 4) is 0 Å². The van der Waals surface area contributed by atoms with Crippen molar-refractivity contribution in [1.82, 2.24) is 5.32 Å². The summed E-state index contributed by atoms with van der Waals surface area (Å²) in [7, 11) is 0. The third-order valence-electron chi connectivity index (χ3n) is 1.53. The fraction of sp³-hybridized carbons (Fsp3) is 0.714. The van der Waals surface area contributed by atoms with Crippen LogP contribution in [0.2, 0.25) is 0 Å². The third-order valence-corrected chi connectivity index (χ3v) is 1.53. The summed E-state index contributed by atoms with van der Waals surface area (Å²) in [6.07, 6.45) is -1.08. The van der Waals surface area contributed by atoms with Crippen LogP contribution in [-0.2, 0) is 4.79 Å². The maximum atomic E-state index is 10.5. The fourth-order valence-corrected chi connectivity index (χ4v) is 0.829. The number of nitrogens with two attached hydrogens (primary N) is 1. The number of rotatable bonds is 4. The van der Waals surface area contributed by atoms with Gasteiger partial charge in [-0.05, 0) is 5.92 Å². The summed E-state index contributed by atoms with van der Waals surface area (Å²) in [6.45, 7) is 3.65. The Hall–Kier alpha value is -1.26. The molecule has 0 saturated carbocycles. The third kappa shape index (κ3) is 4.54. The molecule has 2 amide bonds. The predicted molar refractivity (Wildman–Crippen MR) is 43.6 cm³/mol. The number of carboxylic acid groups (broad SMARTS) is 1. The van der Waals surface area contributed by atoms with E-state index in [1.807, 2.05) is 13.8 Å². The Kier molecular flexibility index (Phi) is 4.10. The lowest BCUT2D eigenvalue weighted by Crippen LogP contribution is -2.40. The number of hydrogen-bond donors (Lipinski definition) is 3. The molecule has 12 heavy (non-hydrogen) atoms. The second kappa shape index (κ2) is 4.58. The van der Waals surface area contributed by atoms with Crippen LogP contribution in [0.5, 0.6) is 0 Å². The maximum Gasteiger partial charge on any atom is 0.404 e. The Balaban J connectivity index is 4.04. The molecule has 1 atom stereocenters. The summed E-state index contributed by atoms with van der Waals surface area (Å²) in [6, 6.07) is -0.389. The average molecular weight is 174 g/mol. The van der Waals surface area contributed by atoms with Crippen LogP contribution in [0, 0.1) is 5.92 Å². The molecule has 4 N–H and O–H groups in total. The van der Waals surface area contributed by atoms with E-state index < -0.39 is 12.0 Å². The highest BCUT2D eigenvalue weighted by Crippen LogP contribution is 2.04. The van der Waals surface area contributed by atoms with E-state index in [2.05, 4.69) is 5.32 Å². The lowest BCUT2D eigenvalue weighted by atomic mass is 10.0. The van der Waals surface area contributed by atoms with Gasteiger partial charge in [0.2, 0.25) is 5.91 Å². The van der Waals surface area contributed by atoms with E-state index in [1.54, 1.807) is 0 Å². The average Bonchev–Trinajstić information content (AvgIpc) is 1.83. The van der Waals surface area contributed by atoms with E-state index in [9.17, 15) is 9.59 Å². The lowest BCUT2D eigenvalue weighted by molar-refractivity contribution is -0.118. The first-order chi connectivity index (χ1) is 5.43. The molecule has 70 valence electrons. The Morgan fingerprint density at radius 2 is 2.00 bits per heavy atom. The predicted octanol–water partition coefficient (Wildman–Crippen LogP) is 0.154. The normalized spacial score (nSPS) is 12.6. The van der Waals surface area contributed by atoms with Crippen LogP contribution in [0.1, 0.15) is 20.3 Å². The van der Waals surface area contributed by atoms with Crippen LogP contribution in [-0.4, -0.2) is 23.1 Å². The quantitative estimate of drug-likeness (QED) is 0.566. The molecule has 0 aliphatic heterocycles. The van der Waals surface area contributed by atoms with Gasteiger partial charge >= 0.3 is 6.09 Å². The largest absolute Gasteiger partial charge is 0.465 e. The number of amides is 2. The first-order valence-electron chi connectivity index (χ1n) is 3.71. The van der Waals surface area contributed by atoms with E-state index in [0.29, 0.717) is 0 Å². The SMILES string of the molecule is CC(C)C(CC(N)=O)NC(=O)O. The maximum absolute atomic E-state index is 10.5. The molecule has 0 aliphatic rings. The molecule has 0 saturated heterocycles. The van der Waals surface area contributed by atoms with Crippen LogP contribution in [0.3, 0.4) is 0 Å². The zero-order valence-electron chi connectivity index (χ0n) is 7.20. The van der Waals surface area contributed by atoms with Crippen molar-refractivity contribution in [3.63, 3.8) is 0 Å². The Morgan fingerprint density at radius 3 is 2.25 bits per heavy atom. The van der Waals surface area contributed by atoms with E-state index in [4.69, 9.17) is 10.8 Å². The molecule has 0 aliphatic carbocycles. The van der Waals surface area contributed by atoms with Crippen LogP contribution < -0.4 is 11.1 Å². The summed E-state index contributed by atoms with van der Waals surface area (Å²) in [4.78, 5) is 20.7. The number of carbonyl (C=O) groups is 2. The van der Waals surface area contributed by atoms with Gasteiger partial charge in [-0.15, -0.1) is 0 Å². The van der Waals surface area contributed by atoms with Crippen LogP contribution in [0.25, 0.3) is 0 Å². The van der Waals surface area contributed by atoms with Gasteiger partial charge in [0.25, 0.3) is 0 Å². The smallest absolute Gasteiger partial charge is 0.404 e. The molecule has 0 bridgehead atoms. The van der Waals surface area contributed by atoms with Gasteiger partial charge < -0.3 is 16.2 Å². The van der Waals surface area contributed by atoms with E-state index in [1.165, 1.54) is 0 Å². The minimum atomic E-state index is -1.13. The van der Waals surface area contributed by atoms with Gasteiger partial charge in [-0.25, -0.2) is 4.79 Å². The molecule has 0 aromatic heterocycles. The molecule has 5 heteroatoms.